The maximum absolute atomic E-state index is 13.0. The van der Waals surface area contributed by atoms with Gasteiger partial charge in [0.15, 0.2) is 0 Å². The van der Waals surface area contributed by atoms with Gasteiger partial charge in [-0.05, 0) is 24.6 Å². The monoisotopic (exact) mass is 399 g/mol. The first-order chi connectivity index (χ1) is 11.4. The molecule has 0 fully saturated rings. The molecule has 9 heteroatoms. The summed E-state index contributed by atoms with van der Waals surface area (Å²) in [6, 6.07) is 4.89. The highest BCUT2D eigenvalue weighted by atomic mass is 79.9. The van der Waals surface area contributed by atoms with E-state index in [9.17, 15) is 13.2 Å². The van der Waals surface area contributed by atoms with Gasteiger partial charge in [-0.1, -0.05) is 15.9 Å². The molecule has 2 heterocycles. The summed E-state index contributed by atoms with van der Waals surface area (Å²) in [5.74, 6) is -0.964. The van der Waals surface area contributed by atoms with Gasteiger partial charge in [-0.15, -0.1) is 0 Å². The molecule has 3 rings (SSSR count). The molecule has 2 aromatic heterocycles. The van der Waals surface area contributed by atoms with E-state index >= 15 is 0 Å². The number of imidazole rings is 1. The second kappa shape index (κ2) is 6.76. The molecular weight excluding hydrogens is 387 g/mol. The van der Waals surface area contributed by atoms with Crippen molar-refractivity contribution in [2.45, 2.75) is 19.1 Å². The Bertz CT molecular complexity index is 833. The number of nitrogens with one attached hydrogen (secondary N) is 1. The van der Waals surface area contributed by atoms with Gasteiger partial charge in [-0.3, -0.25) is 0 Å². The highest BCUT2D eigenvalue weighted by molar-refractivity contribution is 9.10. The van der Waals surface area contributed by atoms with E-state index in [-0.39, 0.29) is 11.3 Å². The van der Waals surface area contributed by atoms with Gasteiger partial charge < -0.3 is 9.88 Å². The number of alkyl halides is 3. The molecule has 0 bridgehead atoms. The van der Waals surface area contributed by atoms with E-state index in [1.807, 2.05) is 10.8 Å². The third-order valence-corrected chi connectivity index (χ3v) is 3.85. The summed E-state index contributed by atoms with van der Waals surface area (Å²) in [5.41, 5.74) is 0.248. The molecule has 0 unspecified atom stereocenters. The molecule has 0 saturated carbocycles. The molecule has 1 N–H and O–H groups in total. The van der Waals surface area contributed by atoms with E-state index in [1.54, 1.807) is 24.7 Å². The maximum Gasteiger partial charge on any atom is 0.451 e. The first kappa shape index (κ1) is 16.7. The average Bonchev–Trinajstić information content (AvgIpc) is 3.03. The first-order valence-corrected chi connectivity index (χ1v) is 7.97. The van der Waals surface area contributed by atoms with Gasteiger partial charge in [0.25, 0.3) is 0 Å². The van der Waals surface area contributed by atoms with Crippen LogP contribution in [0.3, 0.4) is 0 Å². The minimum atomic E-state index is -4.59. The number of aryl methyl sites for hydroxylation is 1. The van der Waals surface area contributed by atoms with Crippen molar-refractivity contribution in [2.24, 2.45) is 0 Å². The van der Waals surface area contributed by atoms with Gasteiger partial charge in [0, 0.05) is 35.3 Å². The lowest BCUT2D eigenvalue weighted by atomic mass is 10.2. The molecule has 24 heavy (non-hydrogen) atoms. The predicted octanol–water partition coefficient (Wildman–Crippen LogP) is 4.11. The summed E-state index contributed by atoms with van der Waals surface area (Å²) in [7, 11) is 0. The van der Waals surface area contributed by atoms with Gasteiger partial charge in [-0.25, -0.2) is 15.0 Å². The molecule has 5 nitrogen and oxygen atoms in total. The Morgan fingerprint density at radius 3 is 2.75 bits per heavy atom. The SMILES string of the molecule is FC(F)(F)c1nc(NCCCn2ccnc2)c2cc(Br)ccc2n1. The smallest absolute Gasteiger partial charge is 0.369 e. The highest BCUT2D eigenvalue weighted by Gasteiger charge is 2.35. The van der Waals surface area contributed by atoms with E-state index < -0.39 is 12.0 Å². The van der Waals surface area contributed by atoms with Crippen molar-refractivity contribution >= 4 is 32.7 Å². The number of nitrogens with zero attached hydrogens (tertiary/aromatic N) is 4. The Morgan fingerprint density at radius 2 is 2.04 bits per heavy atom. The minimum absolute atomic E-state index is 0.180. The van der Waals surface area contributed by atoms with Gasteiger partial charge in [0.2, 0.25) is 5.82 Å². The minimum Gasteiger partial charge on any atom is -0.369 e. The fraction of sp³-hybridized carbons (Fsp3) is 0.267. The largest absolute Gasteiger partial charge is 0.451 e. The second-order valence-electron chi connectivity index (χ2n) is 5.14. The molecule has 0 atom stereocenters. The van der Waals surface area contributed by atoms with Crippen LogP contribution in [0.5, 0.6) is 0 Å². The molecular formula is C15H13BrF3N5. The predicted molar refractivity (Wildman–Crippen MR) is 87.6 cm³/mol. The Labute approximate surface area is 144 Å². The summed E-state index contributed by atoms with van der Waals surface area (Å²) >= 11 is 3.32. The molecule has 0 amide bonds. The Kier molecular flexibility index (Phi) is 4.70. The van der Waals surface area contributed by atoms with Crippen LogP contribution in [-0.4, -0.2) is 26.1 Å². The number of fused-ring (bicyclic) bond motifs is 1. The Hall–Kier alpha value is -2.16. The normalized spacial score (nSPS) is 11.8. The van der Waals surface area contributed by atoms with E-state index in [0.717, 1.165) is 10.9 Å². The van der Waals surface area contributed by atoms with Crippen LogP contribution in [0.15, 0.2) is 41.4 Å². The second-order valence-corrected chi connectivity index (χ2v) is 6.05. The van der Waals surface area contributed by atoms with E-state index in [0.29, 0.717) is 18.5 Å². The van der Waals surface area contributed by atoms with E-state index in [4.69, 9.17) is 0 Å². The Balaban J connectivity index is 1.82. The van der Waals surface area contributed by atoms with Crippen LogP contribution >= 0.6 is 15.9 Å². The van der Waals surface area contributed by atoms with Crippen LogP contribution < -0.4 is 5.32 Å². The zero-order valence-corrected chi connectivity index (χ0v) is 14.0. The van der Waals surface area contributed by atoms with Crippen molar-refractivity contribution in [3.63, 3.8) is 0 Å². The van der Waals surface area contributed by atoms with Crippen LogP contribution in [0, 0.1) is 0 Å². The number of rotatable bonds is 5. The average molecular weight is 400 g/mol. The fourth-order valence-corrected chi connectivity index (χ4v) is 2.61. The lowest BCUT2D eigenvalue weighted by Gasteiger charge is -2.12. The molecule has 0 saturated heterocycles. The van der Waals surface area contributed by atoms with Crippen LogP contribution in [0.4, 0.5) is 19.0 Å². The van der Waals surface area contributed by atoms with Crippen LogP contribution in [0.25, 0.3) is 10.9 Å². The molecule has 0 radical (unpaired) electrons. The van der Waals surface area contributed by atoms with E-state index in [2.05, 4.69) is 36.2 Å². The molecule has 0 aliphatic rings. The molecule has 0 aliphatic heterocycles. The fourth-order valence-electron chi connectivity index (χ4n) is 2.25. The third kappa shape index (κ3) is 3.84. The number of benzene rings is 1. The molecule has 0 aliphatic carbocycles. The third-order valence-electron chi connectivity index (χ3n) is 3.36. The van der Waals surface area contributed by atoms with Gasteiger partial charge in [-0.2, -0.15) is 13.2 Å². The van der Waals surface area contributed by atoms with E-state index in [1.165, 1.54) is 6.07 Å². The summed E-state index contributed by atoms with van der Waals surface area (Å²) in [6.07, 6.45) is 1.34. The molecule has 0 spiro atoms. The number of halogens is 4. The summed E-state index contributed by atoms with van der Waals surface area (Å²) in [4.78, 5) is 11.2. The van der Waals surface area contributed by atoms with Crippen LogP contribution in [-0.2, 0) is 12.7 Å². The van der Waals surface area contributed by atoms with Crippen molar-refractivity contribution in [2.75, 3.05) is 11.9 Å². The zero-order valence-electron chi connectivity index (χ0n) is 12.4. The number of hydrogen-bond acceptors (Lipinski definition) is 4. The molecule has 1 aromatic carbocycles. The van der Waals surface area contributed by atoms with Crippen LogP contribution in [0.1, 0.15) is 12.2 Å². The standard InChI is InChI=1S/C15H13BrF3N5/c16-10-2-3-12-11(8-10)13(23-14(22-12)15(17,18)19)21-4-1-6-24-7-5-20-9-24/h2-3,5,7-9H,1,4,6H2,(H,21,22,23). The van der Waals surface area contributed by atoms with Crippen molar-refractivity contribution in [1.29, 1.82) is 0 Å². The number of aromatic nitrogens is 4. The highest BCUT2D eigenvalue weighted by Crippen LogP contribution is 2.31. The van der Waals surface area contributed by atoms with Gasteiger partial charge >= 0.3 is 6.18 Å². The summed E-state index contributed by atoms with van der Waals surface area (Å²) < 4.78 is 41.6. The molecule has 126 valence electrons. The lowest BCUT2D eigenvalue weighted by molar-refractivity contribution is -0.144. The van der Waals surface area contributed by atoms with Crippen molar-refractivity contribution in [1.82, 2.24) is 19.5 Å². The van der Waals surface area contributed by atoms with Crippen molar-refractivity contribution < 1.29 is 13.2 Å². The maximum atomic E-state index is 13.0. The topological polar surface area (TPSA) is 55.6 Å². The Morgan fingerprint density at radius 1 is 1.21 bits per heavy atom. The summed E-state index contributed by atoms with van der Waals surface area (Å²) in [6.45, 7) is 1.19. The van der Waals surface area contributed by atoms with Gasteiger partial charge in [0.05, 0.1) is 11.8 Å². The van der Waals surface area contributed by atoms with Gasteiger partial charge in [0.1, 0.15) is 5.82 Å². The lowest BCUT2D eigenvalue weighted by Crippen LogP contribution is -2.14. The van der Waals surface area contributed by atoms with Crippen LogP contribution in [0.2, 0.25) is 0 Å². The number of anilines is 1. The first-order valence-electron chi connectivity index (χ1n) is 7.17. The summed E-state index contributed by atoms with van der Waals surface area (Å²) in [5, 5.41) is 3.53. The number of hydrogen-bond donors (Lipinski definition) is 1. The quantitative estimate of drug-likeness (QED) is 0.655. The van der Waals surface area contributed by atoms with Crippen molar-refractivity contribution in [3.8, 4) is 0 Å². The molecule has 3 aromatic rings. The zero-order chi connectivity index (χ0) is 17.2. The van der Waals surface area contributed by atoms with Crippen molar-refractivity contribution in [3.05, 3.63) is 47.2 Å².